The third-order valence-electron chi connectivity index (χ3n) is 2.25. The van der Waals surface area contributed by atoms with Crippen LogP contribution in [0.2, 0.25) is 0 Å². The molecule has 1 aromatic rings. The number of hydrogen-bond donors (Lipinski definition) is 2. The normalized spacial score (nSPS) is 12.0. The van der Waals surface area contributed by atoms with Gasteiger partial charge in [-0.3, -0.25) is 4.79 Å². The molecule has 0 saturated carbocycles. The van der Waals surface area contributed by atoms with E-state index in [4.69, 9.17) is 5.73 Å². The minimum Gasteiger partial charge on any atom is -0.363 e. The average molecular weight is 222 g/mol. The number of nitrogens with two attached hydrogens (primary N) is 1. The number of pyridine rings is 1. The van der Waals surface area contributed by atoms with Crippen LogP contribution in [0.1, 0.15) is 13.3 Å². The van der Waals surface area contributed by atoms with Crippen molar-refractivity contribution in [3.63, 3.8) is 0 Å². The van der Waals surface area contributed by atoms with Crippen molar-refractivity contribution in [2.45, 2.75) is 19.4 Å². The lowest BCUT2D eigenvalue weighted by Crippen LogP contribution is -2.34. The lowest BCUT2D eigenvalue weighted by molar-refractivity contribution is -0.117. The van der Waals surface area contributed by atoms with Crippen LogP contribution in [0.3, 0.4) is 0 Å². The molecule has 1 atom stereocenters. The van der Waals surface area contributed by atoms with E-state index in [1.54, 1.807) is 6.20 Å². The van der Waals surface area contributed by atoms with Crippen LogP contribution in [-0.2, 0) is 4.79 Å². The Balaban J connectivity index is 2.65. The van der Waals surface area contributed by atoms with Crippen molar-refractivity contribution < 1.29 is 4.79 Å². The van der Waals surface area contributed by atoms with Gasteiger partial charge in [0.15, 0.2) is 0 Å². The van der Waals surface area contributed by atoms with E-state index in [0.29, 0.717) is 12.1 Å². The Morgan fingerprint density at radius 1 is 1.56 bits per heavy atom. The van der Waals surface area contributed by atoms with Gasteiger partial charge in [0, 0.05) is 14.1 Å². The minimum atomic E-state index is -0.464. The Bertz CT molecular complexity index is 348. The highest BCUT2D eigenvalue weighted by Gasteiger charge is 2.10. The first-order valence-corrected chi connectivity index (χ1v) is 5.24. The van der Waals surface area contributed by atoms with Crippen LogP contribution >= 0.6 is 0 Å². The molecule has 0 unspecified atom stereocenters. The van der Waals surface area contributed by atoms with E-state index in [1.165, 1.54) is 0 Å². The Morgan fingerprint density at radius 2 is 2.25 bits per heavy atom. The number of hydrogen-bond acceptors (Lipinski definition) is 4. The first-order valence-electron chi connectivity index (χ1n) is 5.24. The van der Waals surface area contributed by atoms with Crippen molar-refractivity contribution in [1.82, 2.24) is 4.98 Å². The maximum Gasteiger partial charge on any atom is 0.241 e. The summed E-state index contributed by atoms with van der Waals surface area (Å²) in [4.78, 5) is 17.6. The summed E-state index contributed by atoms with van der Waals surface area (Å²) in [7, 11) is 3.82. The van der Waals surface area contributed by atoms with E-state index >= 15 is 0 Å². The van der Waals surface area contributed by atoms with Crippen molar-refractivity contribution in [3.8, 4) is 0 Å². The molecule has 0 aliphatic rings. The highest BCUT2D eigenvalue weighted by Crippen LogP contribution is 2.11. The van der Waals surface area contributed by atoms with Gasteiger partial charge in [-0.05, 0) is 18.6 Å². The highest BCUT2D eigenvalue weighted by atomic mass is 16.2. The van der Waals surface area contributed by atoms with Crippen LogP contribution < -0.4 is 16.0 Å². The molecule has 1 aromatic heterocycles. The maximum atomic E-state index is 11.5. The first kappa shape index (κ1) is 12.4. The lowest BCUT2D eigenvalue weighted by atomic mass is 10.2. The van der Waals surface area contributed by atoms with Gasteiger partial charge in [0.1, 0.15) is 5.82 Å². The zero-order valence-electron chi connectivity index (χ0n) is 9.90. The minimum absolute atomic E-state index is 0.179. The summed E-state index contributed by atoms with van der Waals surface area (Å²) in [5.74, 6) is 0.666. The van der Waals surface area contributed by atoms with E-state index in [9.17, 15) is 4.79 Å². The number of carbonyl (C=O) groups excluding carboxylic acids is 1. The smallest absolute Gasteiger partial charge is 0.241 e. The molecule has 0 radical (unpaired) electrons. The summed E-state index contributed by atoms with van der Waals surface area (Å²) in [6.07, 6.45) is 2.24. The largest absolute Gasteiger partial charge is 0.363 e. The SMILES string of the molecule is CC[C@H](N)C(=O)Nc1ccc(N(C)C)nc1. The van der Waals surface area contributed by atoms with Gasteiger partial charge in [-0.25, -0.2) is 4.98 Å². The average Bonchev–Trinajstić information content (AvgIpc) is 2.28. The second-order valence-corrected chi connectivity index (χ2v) is 3.80. The summed E-state index contributed by atoms with van der Waals surface area (Å²) in [6, 6.07) is 3.18. The van der Waals surface area contributed by atoms with Gasteiger partial charge in [-0.15, -0.1) is 0 Å². The molecule has 0 saturated heterocycles. The van der Waals surface area contributed by atoms with Crippen molar-refractivity contribution in [3.05, 3.63) is 18.3 Å². The van der Waals surface area contributed by atoms with Crippen LogP contribution in [0.4, 0.5) is 11.5 Å². The van der Waals surface area contributed by atoms with Crippen molar-refractivity contribution >= 4 is 17.4 Å². The van der Waals surface area contributed by atoms with Gasteiger partial charge >= 0.3 is 0 Å². The third-order valence-corrected chi connectivity index (χ3v) is 2.25. The van der Waals surface area contributed by atoms with Gasteiger partial charge < -0.3 is 16.0 Å². The molecule has 0 bridgehead atoms. The van der Waals surface area contributed by atoms with Crippen molar-refractivity contribution in [2.75, 3.05) is 24.3 Å². The van der Waals surface area contributed by atoms with Crippen LogP contribution in [0.25, 0.3) is 0 Å². The van der Waals surface area contributed by atoms with Crippen molar-refractivity contribution in [1.29, 1.82) is 0 Å². The molecule has 88 valence electrons. The Labute approximate surface area is 95.7 Å². The van der Waals surface area contributed by atoms with E-state index < -0.39 is 6.04 Å². The Kier molecular flexibility index (Phi) is 4.25. The zero-order valence-corrected chi connectivity index (χ0v) is 9.90. The molecule has 16 heavy (non-hydrogen) atoms. The summed E-state index contributed by atoms with van der Waals surface area (Å²) in [5.41, 5.74) is 6.27. The molecule has 0 aromatic carbocycles. The number of nitrogens with zero attached hydrogens (tertiary/aromatic N) is 2. The molecule has 0 spiro atoms. The Morgan fingerprint density at radius 3 is 2.69 bits per heavy atom. The molecule has 5 nitrogen and oxygen atoms in total. The molecule has 1 amide bonds. The number of carbonyl (C=O) groups is 1. The lowest BCUT2D eigenvalue weighted by Gasteiger charge is -2.13. The van der Waals surface area contributed by atoms with Crippen LogP contribution in [-0.4, -0.2) is 31.0 Å². The molecule has 1 heterocycles. The van der Waals surface area contributed by atoms with Gasteiger partial charge in [0.05, 0.1) is 17.9 Å². The monoisotopic (exact) mass is 222 g/mol. The predicted octanol–water partition coefficient (Wildman–Crippen LogP) is 0.823. The number of amides is 1. The van der Waals surface area contributed by atoms with Gasteiger partial charge in [-0.1, -0.05) is 6.92 Å². The molecular formula is C11H18N4O. The molecule has 5 heteroatoms. The highest BCUT2D eigenvalue weighted by molar-refractivity contribution is 5.94. The van der Waals surface area contributed by atoms with E-state index in [-0.39, 0.29) is 5.91 Å². The molecule has 0 fully saturated rings. The molecule has 3 N–H and O–H groups in total. The van der Waals surface area contributed by atoms with Crippen molar-refractivity contribution in [2.24, 2.45) is 5.73 Å². The maximum absolute atomic E-state index is 11.5. The summed E-state index contributed by atoms with van der Waals surface area (Å²) < 4.78 is 0. The Hall–Kier alpha value is -1.62. The zero-order chi connectivity index (χ0) is 12.1. The van der Waals surface area contributed by atoms with Gasteiger partial charge in [0.25, 0.3) is 0 Å². The van der Waals surface area contributed by atoms with Crippen LogP contribution in [0.5, 0.6) is 0 Å². The van der Waals surface area contributed by atoms with Gasteiger partial charge in [0.2, 0.25) is 5.91 Å². The second-order valence-electron chi connectivity index (χ2n) is 3.80. The quantitative estimate of drug-likeness (QED) is 0.791. The number of rotatable bonds is 4. The number of aromatic nitrogens is 1. The van der Waals surface area contributed by atoms with Crippen LogP contribution in [0, 0.1) is 0 Å². The summed E-state index contributed by atoms with van der Waals surface area (Å²) >= 11 is 0. The van der Waals surface area contributed by atoms with Crippen LogP contribution in [0.15, 0.2) is 18.3 Å². The van der Waals surface area contributed by atoms with E-state index in [1.807, 2.05) is 38.1 Å². The summed E-state index contributed by atoms with van der Waals surface area (Å²) in [6.45, 7) is 1.87. The second kappa shape index (κ2) is 5.46. The van der Waals surface area contributed by atoms with E-state index in [0.717, 1.165) is 5.82 Å². The molecule has 1 rings (SSSR count). The number of anilines is 2. The molecule has 0 aliphatic carbocycles. The first-order chi connectivity index (χ1) is 7.54. The topological polar surface area (TPSA) is 71.2 Å². The molecule has 0 aliphatic heterocycles. The predicted molar refractivity (Wildman–Crippen MR) is 65.5 cm³/mol. The molecular weight excluding hydrogens is 204 g/mol. The number of nitrogens with one attached hydrogen (secondary N) is 1. The fraction of sp³-hybridized carbons (Fsp3) is 0.455. The fourth-order valence-electron chi connectivity index (χ4n) is 1.14. The van der Waals surface area contributed by atoms with Gasteiger partial charge in [-0.2, -0.15) is 0 Å². The fourth-order valence-corrected chi connectivity index (χ4v) is 1.14. The third kappa shape index (κ3) is 3.20. The standard InChI is InChI=1S/C11H18N4O/c1-4-9(12)11(16)14-8-5-6-10(13-7-8)15(2)3/h5-7,9H,4,12H2,1-3H3,(H,14,16)/t9-/m0/s1. The van der Waals surface area contributed by atoms with E-state index in [2.05, 4.69) is 10.3 Å². The summed E-state index contributed by atoms with van der Waals surface area (Å²) in [5, 5.41) is 2.71.